The van der Waals surface area contributed by atoms with Crippen molar-refractivity contribution in [1.29, 1.82) is 0 Å². The molecule has 3 aliphatic carbocycles. The van der Waals surface area contributed by atoms with Gasteiger partial charge < -0.3 is 8.98 Å². The van der Waals surface area contributed by atoms with Crippen LogP contribution in [-0.4, -0.2) is 19.1 Å². The zero-order valence-corrected chi connectivity index (χ0v) is 32.8. The maximum absolute atomic E-state index is 6.24. The summed E-state index contributed by atoms with van der Waals surface area (Å²) in [6, 6.07) is 60.9. The van der Waals surface area contributed by atoms with Gasteiger partial charge in [0, 0.05) is 66.4 Å². The van der Waals surface area contributed by atoms with E-state index in [2.05, 4.69) is 191 Å². The Morgan fingerprint density at radius 1 is 0.541 bits per heavy atom. The predicted molar refractivity (Wildman–Crippen MR) is 247 cm³/mol. The Bertz CT molecular complexity index is 3900. The van der Waals surface area contributed by atoms with E-state index in [-0.39, 0.29) is 11.8 Å². The summed E-state index contributed by atoms with van der Waals surface area (Å²) in [5.74, 6) is 1.76. The zero-order valence-electron chi connectivity index (χ0n) is 32.8. The van der Waals surface area contributed by atoms with Gasteiger partial charge in [-0.05, 0) is 77.4 Å². The number of rotatable bonds is 3. The lowest BCUT2D eigenvalue weighted by Crippen LogP contribution is -2.42. The molecule has 2 unspecified atom stereocenters. The van der Waals surface area contributed by atoms with Crippen LogP contribution in [0.2, 0.25) is 0 Å². The highest BCUT2D eigenvalue weighted by atomic mass is 16.3. The molecule has 61 heavy (non-hydrogen) atoms. The van der Waals surface area contributed by atoms with E-state index in [0.717, 1.165) is 61.1 Å². The van der Waals surface area contributed by atoms with E-state index in [1.165, 1.54) is 54.7 Å². The van der Waals surface area contributed by atoms with E-state index < -0.39 is 0 Å². The summed E-state index contributed by atoms with van der Waals surface area (Å²) in [5.41, 5.74) is 14.8. The third kappa shape index (κ3) is 4.44. The molecule has 0 spiro atoms. The molecular weight excluding hydrogens is 745 g/mol. The molecule has 0 aliphatic heterocycles. The van der Waals surface area contributed by atoms with Gasteiger partial charge in [-0.25, -0.2) is 9.97 Å². The molecule has 4 heterocycles. The average molecular weight is 779 g/mol. The van der Waals surface area contributed by atoms with Gasteiger partial charge in [-0.3, -0.25) is 4.57 Å². The molecule has 4 aromatic heterocycles. The van der Waals surface area contributed by atoms with Crippen LogP contribution in [0.4, 0.5) is 0 Å². The molecule has 2 atom stereocenters. The number of furan rings is 1. The minimum atomic E-state index is 0.0934. The van der Waals surface area contributed by atoms with E-state index in [0.29, 0.717) is 5.82 Å². The lowest BCUT2D eigenvalue weighted by atomic mass is 9.65. The van der Waals surface area contributed by atoms with Gasteiger partial charge in [-0.2, -0.15) is 0 Å². The Labute approximate surface area is 349 Å². The molecule has 11 aromatic rings. The van der Waals surface area contributed by atoms with Crippen LogP contribution in [-0.2, 0) is 0 Å². The third-order valence-corrected chi connectivity index (χ3v) is 13.3. The summed E-state index contributed by atoms with van der Waals surface area (Å²) in [6.07, 6.45) is 9.25. The first-order valence-electron chi connectivity index (χ1n) is 21.0. The quantitative estimate of drug-likeness (QED) is 0.179. The summed E-state index contributed by atoms with van der Waals surface area (Å²) < 4.78 is 11.2. The molecule has 7 aromatic carbocycles. The molecular formula is C56H34N4O. The summed E-state index contributed by atoms with van der Waals surface area (Å²) in [6.45, 7) is 0. The first kappa shape index (κ1) is 32.9. The maximum Gasteiger partial charge on any atom is 0.162 e. The molecule has 0 N–H and O–H groups in total. The van der Waals surface area contributed by atoms with Crippen molar-refractivity contribution in [2.24, 2.45) is 5.92 Å². The van der Waals surface area contributed by atoms with Crippen LogP contribution in [0, 0.1) is 5.92 Å². The second-order valence-electron chi connectivity index (χ2n) is 16.4. The Kier molecular flexibility index (Phi) is 6.61. The minimum absolute atomic E-state index is 0.0934. The fourth-order valence-corrected chi connectivity index (χ4v) is 10.9. The van der Waals surface area contributed by atoms with Crippen LogP contribution in [0.15, 0.2) is 199 Å². The fourth-order valence-electron chi connectivity index (χ4n) is 10.9. The summed E-state index contributed by atoms with van der Waals surface area (Å²) >= 11 is 0. The average Bonchev–Trinajstić information content (AvgIpc) is 4.00. The van der Waals surface area contributed by atoms with Gasteiger partial charge in [0.15, 0.2) is 5.82 Å². The van der Waals surface area contributed by atoms with Crippen molar-refractivity contribution in [1.82, 2.24) is 19.1 Å². The Morgan fingerprint density at radius 3 is 2.13 bits per heavy atom. The van der Waals surface area contributed by atoms with Gasteiger partial charge in [0.05, 0.1) is 27.6 Å². The number of allylic oxidation sites excluding steroid dienone is 4. The predicted octanol–water partition coefficient (Wildman–Crippen LogP) is 12.0. The van der Waals surface area contributed by atoms with Gasteiger partial charge in [0.1, 0.15) is 17.0 Å². The van der Waals surface area contributed by atoms with Gasteiger partial charge >= 0.3 is 0 Å². The Morgan fingerprint density at radius 2 is 1.25 bits per heavy atom. The highest BCUT2D eigenvalue weighted by molar-refractivity contribution is 6.10. The highest BCUT2D eigenvalue weighted by Gasteiger charge is 2.42. The van der Waals surface area contributed by atoms with E-state index in [1.807, 2.05) is 12.1 Å². The first-order valence-corrected chi connectivity index (χ1v) is 21.0. The van der Waals surface area contributed by atoms with Crippen molar-refractivity contribution in [3.05, 3.63) is 216 Å². The van der Waals surface area contributed by atoms with Crippen molar-refractivity contribution in [3.63, 3.8) is 0 Å². The molecule has 0 saturated carbocycles. The van der Waals surface area contributed by atoms with Crippen molar-refractivity contribution < 1.29 is 4.42 Å². The van der Waals surface area contributed by atoms with E-state index in [4.69, 9.17) is 14.4 Å². The van der Waals surface area contributed by atoms with Crippen LogP contribution >= 0.6 is 0 Å². The number of para-hydroxylation sites is 5. The lowest BCUT2D eigenvalue weighted by Gasteiger charge is -2.38. The number of benzene rings is 7. The van der Waals surface area contributed by atoms with Crippen LogP contribution in [0.3, 0.4) is 0 Å². The molecule has 3 aliphatic rings. The number of hydrogen-bond donors (Lipinski definition) is 0. The fraction of sp³-hybridized carbons (Fsp3) is 0.0357. The molecule has 284 valence electrons. The molecule has 0 radical (unpaired) electrons. The van der Waals surface area contributed by atoms with Crippen LogP contribution in [0.5, 0.6) is 0 Å². The molecule has 0 saturated heterocycles. The second-order valence-corrected chi connectivity index (χ2v) is 16.4. The molecule has 5 nitrogen and oxygen atoms in total. The smallest absolute Gasteiger partial charge is 0.162 e. The van der Waals surface area contributed by atoms with E-state index in [9.17, 15) is 0 Å². The number of fused-ring (bicyclic) bond motifs is 17. The normalized spacial score (nSPS) is 16.3. The SMILES string of the molecule is C1=CC2=c3c(c4ccccc4n3-c3ccccc3)=C3c4c(n(-c5nc(-c6ccc7oc8ccccc8c7c6)nc6ccccc56)c5ccccc45)-c4ccccc4C3C2C=C1. The van der Waals surface area contributed by atoms with Crippen LogP contribution < -0.4 is 10.6 Å². The maximum atomic E-state index is 6.24. The van der Waals surface area contributed by atoms with Gasteiger partial charge in [-0.15, -0.1) is 0 Å². The summed E-state index contributed by atoms with van der Waals surface area (Å²) in [4.78, 5) is 10.9. The molecule has 14 rings (SSSR count). The van der Waals surface area contributed by atoms with Crippen LogP contribution in [0.1, 0.15) is 17.0 Å². The standard InChI is InChI=1S/C56H34N4O/c1-2-16-34(17-3-1)59-45-27-13-9-24-41(45)50-52-49(36-19-4-6-21-38(36)53(50)59)37-20-5-7-22-39(37)54-51(52)42-25-10-14-28-46(42)60(54)56-40-23-8-12-26-44(40)57-55(58-56)33-30-31-48-43(32-33)35-18-11-15-29-47(35)61-48/h1-32,36,49H. The van der Waals surface area contributed by atoms with Gasteiger partial charge in [0.2, 0.25) is 0 Å². The van der Waals surface area contributed by atoms with Crippen molar-refractivity contribution >= 4 is 65.8 Å². The Hall–Kier alpha value is -8.02. The number of nitrogens with zero attached hydrogens (tertiary/aromatic N) is 4. The van der Waals surface area contributed by atoms with E-state index in [1.54, 1.807) is 0 Å². The second kappa shape index (κ2) is 12.3. The summed E-state index contributed by atoms with van der Waals surface area (Å²) in [5, 5.41) is 8.18. The zero-order chi connectivity index (χ0) is 39.8. The first-order chi connectivity index (χ1) is 30.3. The summed E-state index contributed by atoms with van der Waals surface area (Å²) in [7, 11) is 0. The monoisotopic (exact) mass is 778 g/mol. The number of aromatic nitrogens is 4. The van der Waals surface area contributed by atoms with Crippen molar-refractivity contribution in [2.45, 2.75) is 5.92 Å². The highest BCUT2D eigenvalue weighted by Crippen LogP contribution is 2.55. The molecule has 0 fully saturated rings. The van der Waals surface area contributed by atoms with Gasteiger partial charge in [-0.1, -0.05) is 133 Å². The molecule has 5 heteroatoms. The lowest BCUT2D eigenvalue weighted by molar-refractivity contribution is 0.669. The largest absolute Gasteiger partial charge is 0.456 e. The topological polar surface area (TPSA) is 48.8 Å². The van der Waals surface area contributed by atoms with Crippen LogP contribution in [0.25, 0.3) is 99.9 Å². The van der Waals surface area contributed by atoms with Crippen molar-refractivity contribution in [3.8, 4) is 34.2 Å². The number of hydrogen-bond acceptors (Lipinski definition) is 3. The van der Waals surface area contributed by atoms with Gasteiger partial charge in [0.25, 0.3) is 0 Å². The third-order valence-electron chi connectivity index (χ3n) is 13.3. The van der Waals surface area contributed by atoms with Crippen molar-refractivity contribution in [2.75, 3.05) is 0 Å². The molecule has 0 amide bonds. The molecule has 0 bridgehead atoms. The Balaban J connectivity index is 1.15. The minimum Gasteiger partial charge on any atom is -0.456 e. The van der Waals surface area contributed by atoms with E-state index >= 15 is 0 Å².